The van der Waals surface area contributed by atoms with Crippen LogP contribution in [0.2, 0.25) is 5.02 Å². The average molecular weight is 320 g/mol. The number of halogens is 1. The molecule has 0 fully saturated rings. The summed E-state index contributed by atoms with van der Waals surface area (Å²) in [5, 5.41) is 0.790. The van der Waals surface area contributed by atoms with Crippen molar-refractivity contribution >= 4 is 23.0 Å². The van der Waals surface area contributed by atoms with Crippen LogP contribution in [0.25, 0.3) is 0 Å². The highest BCUT2D eigenvalue weighted by Gasteiger charge is 2.28. The number of anilines is 2. The number of hydrogen-bond acceptors (Lipinski definition) is 1. The molecule has 0 aliphatic carbocycles. The molecular weight excluding hydrogens is 302 g/mol. The maximum absolute atomic E-state index is 6.03. The molecule has 0 saturated heterocycles. The van der Waals surface area contributed by atoms with E-state index < -0.39 is 0 Å². The van der Waals surface area contributed by atoms with E-state index in [0.717, 1.165) is 11.4 Å². The lowest BCUT2D eigenvalue weighted by molar-refractivity contribution is 0.785. The third-order valence-corrected chi connectivity index (χ3v) is 4.95. The Kier molecular flexibility index (Phi) is 3.59. The lowest BCUT2D eigenvalue weighted by Gasteiger charge is -2.35. The Labute approximate surface area is 142 Å². The predicted molar refractivity (Wildman–Crippen MR) is 97.9 cm³/mol. The number of hydrogen-bond donors (Lipinski definition) is 0. The molecule has 0 aromatic heterocycles. The molecule has 0 N–H and O–H groups in total. The van der Waals surface area contributed by atoms with Crippen LogP contribution in [0.15, 0.2) is 72.8 Å². The first-order valence-corrected chi connectivity index (χ1v) is 8.28. The van der Waals surface area contributed by atoms with E-state index in [0.29, 0.717) is 5.92 Å². The predicted octanol–water partition coefficient (Wildman–Crippen LogP) is 5.80. The monoisotopic (exact) mass is 319 g/mol. The maximum atomic E-state index is 6.03. The van der Waals surface area contributed by atoms with Crippen molar-refractivity contribution in [2.75, 3.05) is 11.9 Å². The zero-order chi connectivity index (χ0) is 15.8. The van der Waals surface area contributed by atoms with E-state index in [4.69, 9.17) is 11.6 Å². The van der Waals surface area contributed by atoms with Gasteiger partial charge in [-0.05, 0) is 47.4 Å². The SMILES string of the molecule is CN1c2ccccc2C(Cc2ccc(Cl)cc2)c2ccccc21. The number of nitrogens with zero attached hydrogens (tertiary/aromatic N) is 1. The highest BCUT2D eigenvalue weighted by Crippen LogP contribution is 2.45. The third kappa shape index (κ3) is 2.51. The molecule has 3 aromatic rings. The molecule has 0 atom stereocenters. The highest BCUT2D eigenvalue weighted by atomic mass is 35.5. The summed E-state index contributed by atoms with van der Waals surface area (Å²) in [6.07, 6.45) is 0.985. The molecule has 1 aliphatic heterocycles. The van der Waals surface area contributed by atoms with Gasteiger partial charge in [0.05, 0.1) is 0 Å². The van der Waals surface area contributed by atoms with Gasteiger partial charge in [0.25, 0.3) is 0 Å². The van der Waals surface area contributed by atoms with Gasteiger partial charge in [0.1, 0.15) is 0 Å². The average Bonchev–Trinajstić information content (AvgIpc) is 2.60. The van der Waals surface area contributed by atoms with Crippen LogP contribution in [-0.2, 0) is 6.42 Å². The molecule has 2 heteroatoms. The van der Waals surface area contributed by atoms with Gasteiger partial charge in [-0.25, -0.2) is 0 Å². The van der Waals surface area contributed by atoms with Gasteiger partial charge >= 0.3 is 0 Å². The van der Waals surface area contributed by atoms with Crippen molar-refractivity contribution in [3.8, 4) is 0 Å². The van der Waals surface area contributed by atoms with Crippen LogP contribution < -0.4 is 4.90 Å². The summed E-state index contributed by atoms with van der Waals surface area (Å²) in [5.74, 6) is 0.375. The fourth-order valence-corrected chi connectivity index (χ4v) is 3.67. The van der Waals surface area contributed by atoms with Gasteiger partial charge in [-0.3, -0.25) is 0 Å². The fourth-order valence-electron chi connectivity index (χ4n) is 3.55. The lowest BCUT2D eigenvalue weighted by Crippen LogP contribution is -2.22. The molecule has 1 heterocycles. The Hall–Kier alpha value is -2.25. The molecule has 23 heavy (non-hydrogen) atoms. The largest absolute Gasteiger partial charge is 0.344 e. The molecule has 0 radical (unpaired) electrons. The third-order valence-electron chi connectivity index (χ3n) is 4.70. The van der Waals surface area contributed by atoms with Crippen LogP contribution >= 0.6 is 11.6 Å². The van der Waals surface area contributed by atoms with Gasteiger partial charge in [0, 0.05) is 29.4 Å². The van der Waals surface area contributed by atoms with Crippen LogP contribution in [0, 0.1) is 0 Å². The number of benzene rings is 3. The van der Waals surface area contributed by atoms with Crippen molar-refractivity contribution < 1.29 is 0 Å². The minimum Gasteiger partial charge on any atom is -0.344 e. The van der Waals surface area contributed by atoms with Gasteiger partial charge in [-0.2, -0.15) is 0 Å². The molecule has 3 aromatic carbocycles. The summed E-state index contributed by atoms with van der Waals surface area (Å²) in [4.78, 5) is 2.29. The van der Waals surface area contributed by atoms with Gasteiger partial charge < -0.3 is 4.90 Å². The minimum absolute atomic E-state index is 0.375. The van der Waals surface area contributed by atoms with Gasteiger partial charge in [0.15, 0.2) is 0 Å². The van der Waals surface area contributed by atoms with Crippen molar-refractivity contribution in [2.45, 2.75) is 12.3 Å². The zero-order valence-corrected chi connectivity index (χ0v) is 13.8. The van der Waals surface area contributed by atoms with Crippen molar-refractivity contribution in [3.63, 3.8) is 0 Å². The van der Waals surface area contributed by atoms with Crippen LogP contribution in [0.4, 0.5) is 11.4 Å². The smallest absolute Gasteiger partial charge is 0.0447 e. The highest BCUT2D eigenvalue weighted by molar-refractivity contribution is 6.30. The molecule has 0 amide bonds. The number of fused-ring (bicyclic) bond motifs is 2. The Morgan fingerprint density at radius 1 is 0.783 bits per heavy atom. The van der Waals surface area contributed by atoms with Crippen molar-refractivity contribution in [2.24, 2.45) is 0 Å². The van der Waals surface area contributed by atoms with E-state index in [-0.39, 0.29) is 0 Å². The Morgan fingerprint density at radius 2 is 1.30 bits per heavy atom. The van der Waals surface area contributed by atoms with Gasteiger partial charge in [0.2, 0.25) is 0 Å². The van der Waals surface area contributed by atoms with Crippen molar-refractivity contribution in [1.29, 1.82) is 0 Å². The standard InChI is InChI=1S/C21H18ClN/c1-23-20-8-4-2-6-17(20)19(18-7-3-5-9-21(18)23)14-15-10-12-16(22)13-11-15/h2-13,19H,14H2,1H3. The van der Waals surface area contributed by atoms with Crippen LogP contribution in [0.5, 0.6) is 0 Å². The second-order valence-electron chi connectivity index (χ2n) is 6.06. The van der Waals surface area contributed by atoms with Crippen molar-refractivity contribution in [3.05, 3.63) is 94.5 Å². The summed E-state index contributed by atoms with van der Waals surface area (Å²) >= 11 is 6.03. The quantitative estimate of drug-likeness (QED) is 0.577. The summed E-state index contributed by atoms with van der Waals surface area (Å²) in [6.45, 7) is 0. The van der Waals surface area contributed by atoms with E-state index in [1.165, 1.54) is 28.1 Å². The van der Waals surface area contributed by atoms with E-state index in [9.17, 15) is 0 Å². The molecule has 4 rings (SSSR count). The zero-order valence-electron chi connectivity index (χ0n) is 13.0. The van der Waals surface area contributed by atoms with E-state index in [1.807, 2.05) is 12.1 Å². The van der Waals surface area contributed by atoms with E-state index in [1.54, 1.807) is 0 Å². The molecule has 0 saturated carbocycles. The summed E-state index contributed by atoms with van der Waals surface area (Å²) < 4.78 is 0. The molecule has 0 unspecified atom stereocenters. The minimum atomic E-state index is 0.375. The number of para-hydroxylation sites is 2. The number of rotatable bonds is 2. The first kappa shape index (κ1) is 14.3. The maximum Gasteiger partial charge on any atom is 0.0447 e. The van der Waals surface area contributed by atoms with Crippen molar-refractivity contribution in [1.82, 2.24) is 0 Å². The topological polar surface area (TPSA) is 3.24 Å². The molecule has 1 aliphatic rings. The summed E-state index contributed by atoms with van der Waals surface area (Å²) in [5.41, 5.74) is 6.69. The van der Waals surface area contributed by atoms with Gasteiger partial charge in [-0.1, -0.05) is 60.1 Å². The molecular formula is C21H18ClN. The summed E-state index contributed by atoms with van der Waals surface area (Å²) in [6, 6.07) is 25.6. The molecule has 114 valence electrons. The van der Waals surface area contributed by atoms with Crippen LogP contribution in [-0.4, -0.2) is 7.05 Å². The molecule has 0 spiro atoms. The van der Waals surface area contributed by atoms with Crippen LogP contribution in [0.1, 0.15) is 22.6 Å². The lowest BCUT2D eigenvalue weighted by atomic mass is 9.81. The Balaban J connectivity index is 1.82. The van der Waals surface area contributed by atoms with E-state index >= 15 is 0 Å². The van der Waals surface area contributed by atoms with Crippen LogP contribution in [0.3, 0.4) is 0 Å². The molecule has 0 bridgehead atoms. The Morgan fingerprint density at radius 3 is 1.87 bits per heavy atom. The van der Waals surface area contributed by atoms with Gasteiger partial charge in [-0.15, -0.1) is 0 Å². The first-order valence-electron chi connectivity index (χ1n) is 7.90. The molecule has 1 nitrogen and oxygen atoms in total. The Bertz CT molecular complexity index is 791. The first-order chi connectivity index (χ1) is 11.2. The fraction of sp³-hybridized carbons (Fsp3) is 0.143. The normalized spacial score (nSPS) is 13.6. The summed E-state index contributed by atoms with van der Waals surface area (Å²) in [7, 11) is 2.15. The second kappa shape index (κ2) is 5.75. The van der Waals surface area contributed by atoms with E-state index in [2.05, 4.69) is 72.6 Å². The second-order valence-corrected chi connectivity index (χ2v) is 6.50.